The molecule has 0 saturated carbocycles. The van der Waals surface area contributed by atoms with E-state index in [4.69, 9.17) is 9.47 Å². The molecule has 0 fully saturated rings. The van der Waals surface area contributed by atoms with E-state index in [2.05, 4.69) is 20.9 Å². The fraction of sp³-hybridized carbons (Fsp3) is 0.529. The number of benzene rings is 1. The van der Waals surface area contributed by atoms with Crippen LogP contribution in [0.5, 0.6) is 11.5 Å². The van der Waals surface area contributed by atoms with Crippen LogP contribution in [-0.4, -0.2) is 50.8 Å². The number of carbonyl (C=O) groups is 1. The quantitative estimate of drug-likeness (QED) is 0.532. The molecule has 0 aromatic heterocycles. The van der Waals surface area contributed by atoms with Crippen LogP contribution in [-0.2, 0) is 4.79 Å². The smallest absolute Gasteiger partial charge is 0.221 e. The Labute approximate surface area is 142 Å². The standard InChI is InChI=1S/C17H26N4O3/c1-12(2)21-16(22)8-9-19-17(18-3)20-10-13-11-23-14-6-4-5-7-15(14)24-13/h4-7,12-13H,8-11H2,1-3H3,(H,21,22)(H2,18,19,20). The van der Waals surface area contributed by atoms with Crippen molar-refractivity contribution >= 4 is 11.9 Å². The van der Waals surface area contributed by atoms with Crippen molar-refractivity contribution in [2.24, 2.45) is 4.99 Å². The number of hydrogen-bond acceptors (Lipinski definition) is 4. The largest absolute Gasteiger partial charge is 0.486 e. The van der Waals surface area contributed by atoms with Crippen LogP contribution in [0.2, 0.25) is 0 Å². The second kappa shape index (κ2) is 9.00. The van der Waals surface area contributed by atoms with Gasteiger partial charge >= 0.3 is 0 Å². The second-order valence-electron chi connectivity index (χ2n) is 5.85. The lowest BCUT2D eigenvalue weighted by Gasteiger charge is -2.27. The van der Waals surface area contributed by atoms with E-state index in [0.717, 1.165) is 11.5 Å². The topological polar surface area (TPSA) is 84.0 Å². The minimum atomic E-state index is -0.0947. The first kappa shape index (κ1) is 17.9. The summed E-state index contributed by atoms with van der Waals surface area (Å²) in [5, 5.41) is 9.15. The first-order valence-electron chi connectivity index (χ1n) is 8.21. The lowest BCUT2D eigenvalue weighted by Crippen LogP contribution is -2.46. The highest BCUT2D eigenvalue weighted by atomic mass is 16.6. The molecule has 1 atom stereocenters. The van der Waals surface area contributed by atoms with Crippen molar-refractivity contribution in [3.63, 3.8) is 0 Å². The summed E-state index contributed by atoms with van der Waals surface area (Å²) in [7, 11) is 1.69. The van der Waals surface area contributed by atoms with E-state index in [1.807, 2.05) is 38.1 Å². The maximum atomic E-state index is 11.6. The summed E-state index contributed by atoms with van der Waals surface area (Å²) in [5.41, 5.74) is 0. The monoisotopic (exact) mass is 334 g/mol. The van der Waals surface area contributed by atoms with Gasteiger partial charge in [0.25, 0.3) is 0 Å². The fourth-order valence-corrected chi connectivity index (χ4v) is 2.28. The lowest BCUT2D eigenvalue weighted by atomic mass is 10.2. The molecule has 7 heteroatoms. The molecule has 0 bridgehead atoms. The van der Waals surface area contributed by atoms with Crippen LogP contribution in [0.1, 0.15) is 20.3 Å². The highest BCUT2D eigenvalue weighted by Gasteiger charge is 2.20. The van der Waals surface area contributed by atoms with E-state index >= 15 is 0 Å². The normalized spacial score (nSPS) is 16.7. The maximum absolute atomic E-state index is 11.6. The summed E-state index contributed by atoms with van der Waals surface area (Å²) in [4.78, 5) is 15.7. The van der Waals surface area contributed by atoms with Crippen LogP contribution >= 0.6 is 0 Å². The van der Waals surface area contributed by atoms with Gasteiger partial charge in [-0.25, -0.2) is 0 Å². The number of ether oxygens (including phenoxy) is 2. The van der Waals surface area contributed by atoms with Crippen LogP contribution < -0.4 is 25.4 Å². The molecule has 1 unspecified atom stereocenters. The molecule has 7 nitrogen and oxygen atoms in total. The summed E-state index contributed by atoms with van der Waals surface area (Å²) >= 11 is 0. The highest BCUT2D eigenvalue weighted by Crippen LogP contribution is 2.30. The number of hydrogen-bond donors (Lipinski definition) is 3. The fourth-order valence-electron chi connectivity index (χ4n) is 2.28. The number of guanidine groups is 1. The van der Waals surface area contributed by atoms with E-state index < -0.39 is 0 Å². The van der Waals surface area contributed by atoms with Crippen molar-refractivity contribution in [3.8, 4) is 11.5 Å². The third kappa shape index (κ3) is 5.64. The molecule has 1 aliphatic rings. The third-order valence-corrected chi connectivity index (χ3v) is 3.38. The van der Waals surface area contributed by atoms with E-state index in [1.54, 1.807) is 7.05 Å². The maximum Gasteiger partial charge on any atom is 0.221 e. The summed E-state index contributed by atoms with van der Waals surface area (Å²) in [6.07, 6.45) is 0.303. The van der Waals surface area contributed by atoms with Gasteiger partial charge in [0.1, 0.15) is 12.7 Å². The Morgan fingerprint density at radius 1 is 1.29 bits per heavy atom. The van der Waals surface area contributed by atoms with Crippen molar-refractivity contribution in [2.45, 2.75) is 32.4 Å². The van der Waals surface area contributed by atoms with E-state index in [1.165, 1.54) is 0 Å². The molecule has 0 spiro atoms. The van der Waals surface area contributed by atoms with Crippen LogP contribution in [0, 0.1) is 0 Å². The number of fused-ring (bicyclic) bond motifs is 1. The van der Waals surface area contributed by atoms with Gasteiger partial charge in [-0.15, -0.1) is 0 Å². The molecule has 0 aliphatic carbocycles. The van der Waals surface area contributed by atoms with Gasteiger partial charge in [-0.2, -0.15) is 0 Å². The minimum absolute atomic E-state index is 0.0218. The number of amides is 1. The molecule has 3 N–H and O–H groups in total. The molecule has 1 amide bonds. The van der Waals surface area contributed by atoms with Crippen molar-refractivity contribution in [1.29, 1.82) is 0 Å². The van der Waals surface area contributed by atoms with E-state index in [0.29, 0.717) is 32.1 Å². The average Bonchev–Trinajstić information content (AvgIpc) is 2.57. The Morgan fingerprint density at radius 2 is 2.04 bits per heavy atom. The van der Waals surface area contributed by atoms with Crippen molar-refractivity contribution < 1.29 is 14.3 Å². The number of para-hydroxylation sites is 2. The molecule has 0 saturated heterocycles. The van der Waals surface area contributed by atoms with Crippen LogP contribution in [0.15, 0.2) is 29.3 Å². The molecule has 1 aromatic rings. The summed E-state index contributed by atoms with van der Waals surface area (Å²) < 4.78 is 11.6. The van der Waals surface area contributed by atoms with Gasteiger partial charge in [0.05, 0.1) is 6.54 Å². The Morgan fingerprint density at radius 3 is 2.75 bits per heavy atom. The molecule has 1 aliphatic heterocycles. The number of carbonyl (C=O) groups excluding carboxylic acids is 1. The number of nitrogens with one attached hydrogen (secondary N) is 3. The van der Waals surface area contributed by atoms with E-state index in [9.17, 15) is 4.79 Å². The third-order valence-electron chi connectivity index (χ3n) is 3.38. The van der Waals surface area contributed by atoms with Gasteiger partial charge < -0.3 is 25.4 Å². The second-order valence-corrected chi connectivity index (χ2v) is 5.85. The summed E-state index contributed by atoms with van der Waals surface area (Å²) in [6.45, 7) is 5.44. The SMILES string of the molecule is CN=C(NCCC(=O)NC(C)C)NCC1COc2ccccc2O1. The Kier molecular flexibility index (Phi) is 6.72. The zero-order chi connectivity index (χ0) is 17.4. The Balaban J connectivity index is 1.70. The van der Waals surface area contributed by atoms with E-state index in [-0.39, 0.29) is 18.1 Å². The summed E-state index contributed by atoms with van der Waals surface area (Å²) in [6, 6.07) is 7.77. The predicted octanol–water partition coefficient (Wildman–Crippen LogP) is 0.906. The molecule has 1 heterocycles. The molecular formula is C17H26N4O3. The molecule has 24 heavy (non-hydrogen) atoms. The Bertz CT molecular complexity index is 575. The highest BCUT2D eigenvalue weighted by molar-refractivity contribution is 5.81. The molecule has 2 rings (SSSR count). The van der Waals surface area contributed by atoms with Gasteiger partial charge in [0, 0.05) is 26.1 Å². The van der Waals surface area contributed by atoms with Gasteiger partial charge in [-0.1, -0.05) is 12.1 Å². The average molecular weight is 334 g/mol. The number of nitrogens with zero attached hydrogens (tertiary/aromatic N) is 1. The van der Waals surface area contributed by atoms with Crippen LogP contribution in [0.25, 0.3) is 0 Å². The van der Waals surface area contributed by atoms with Gasteiger partial charge in [0.2, 0.25) is 5.91 Å². The first-order valence-corrected chi connectivity index (χ1v) is 8.21. The van der Waals surface area contributed by atoms with Crippen LogP contribution in [0.3, 0.4) is 0 Å². The van der Waals surface area contributed by atoms with Gasteiger partial charge in [-0.05, 0) is 26.0 Å². The zero-order valence-corrected chi connectivity index (χ0v) is 14.5. The summed E-state index contributed by atoms with van der Waals surface area (Å²) in [5.74, 6) is 2.18. The Hall–Kier alpha value is -2.44. The predicted molar refractivity (Wildman–Crippen MR) is 93.6 cm³/mol. The van der Waals surface area contributed by atoms with Gasteiger partial charge in [-0.3, -0.25) is 9.79 Å². The van der Waals surface area contributed by atoms with Gasteiger partial charge in [0.15, 0.2) is 17.5 Å². The number of aliphatic imine (C=N–C) groups is 1. The number of rotatable bonds is 6. The first-order chi connectivity index (χ1) is 11.6. The lowest BCUT2D eigenvalue weighted by molar-refractivity contribution is -0.121. The molecular weight excluding hydrogens is 308 g/mol. The van der Waals surface area contributed by atoms with Crippen molar-refractivity contribution in [1.82, 2.24) is 16.0 Å². The molecule has 1 aromatic carbocycles. The molecule has 132 valence electrons. The van der Waals surface area contributed by atoms with Crippen LogP contribution in [0.4, 0.5) is 0 Å². The minimum Gasteiger partial charge on any atom is -0.486 e. The van der Waals surface area contributed by atoms with Crippen molar-refractivity contribution in [2.75, 3.05) is 26.7 Å². The molecule has 0 radical (unpaired) electrons. The zero-order valence-electron chi connectivity index (χ0n) is 14.5. The van der Waals surface area contributed by atoms with Crippen molar-refractivity contribution in [3.05, 3.63) is 24.3 Å².